The summed E-state index contributed by atoms with van der Waals surface area (Å²) in [6.07, 6.45) is 3.05. The normalized spacial score (nSPS) is 21.9. The Morgan fingerprint density at radius 2 is 2.16 bits per heavy atom. The predicted octanol–water partition coefficient (Wildman–Crippen LogP) is 4.80. The highest BCUT2D eigenvalue weighted by molar-refractivity contribution is 6.31. The Bertz CT molecular complexity index is 482. The minimum atomic E-state index is -0.189. The van der Waals surface area contributed by atoms with E-state index in [1.54, 1.807) is 0 Å². The molecule has 0 heterocycles. The van der Waals surface area contributed by atoms with E-state index in [2.05, 4.69) is 26.1 Å². The third-order valence-corrected chi connectivity index (χ3v) is 4.57. The van der Waals surface area contributed by atoms with E-state index >= 15 is 0 Å². The van der Waals surface area contributed by atoms with E-state index in [4.69, 9.17) is 11.6 Å². The molecular formula is C16H23ClFN. The smallest absolute Gasteiger partial charge is 0.127 e. The molecule has 1 aliphatic rings. The number of nitrogens with one attached hydrogen (secondary N) is 1. The molecule has 1 nitrogen and oxygen atoms in total. The van der Waals surface area contributed by atoms with Crippen LogP contribution in [0.5, 0.6) is 0 Å². The van der Waals surface area contributed by atoms with Crippen LogP contribution >= 0.6 is 11.6 Å². The van der Waals surface area contributed by atoms with Gasteiger partial charge in [-0.2, -0.15) is 0 Å². The van der Waals surface area contributed by atoms with Crippen molar-refractivity contribution in [2.75, 3.05) is 6.54 Å². The molecule has 0 spiro atoms. The van der Waals surface area contributed by atoms with Crippen LogP contribution in [0.3, 0.4) is 0 Å². The summed E-state index contributed by atoms with van der Waals surface area (Å²) < 4.78 is 14.0. The first-order chi connectivity index (χ1) is 8.85. The van der Waals surface area contributed by atoms with Crippen molar-refractivity contribution in [1.82, 2.24) is 5.32 Å². The lowest BCUT2D eigenvalue weighted by Gasteiger charge is -2.28. The molecule has 1 aromatic carbocycles. The summed E-state index contributed by atoms with van der Waals surface area (Å²) >= 11 is 6.28. The summed E-state index contributed by atoms with van der Waals surface area (Å²) in [6.45, 7) is 9.40. The number of fused-ring (bicyclic) bond motifs is 1. The molecule has 2 rings (SSSR count). The van der Waals surface area contributed by atoms with Crippen LogP contribution in [0.2, 0.25) is 5.02 Å². The largest absolute Gasteiger partial charge is 0.310 e. The zero-order valence-electron chi connectivity index (χ0n) is 12.2. The maximum atomic E-state index is 14.0. The van der Waals surface area contributed by atoms with Crippen LogP contribution in [0.1, 0.15) is 56.3 Å². The van der Waals surface area contributed by atoms with Crippen molar-refractivity contribution in [3.8, 4) is 0 Å². The third kappa shape index (κ3) is 2.95. The van der Waals surface area contributed by atoms with Crippen molar-refractivity contribution >= 4 is 11.6 Å². The Morgan fingerprint density at radius 3 is 2.79 bits per heavy atom. The Morgan fingerprint density at radius 1 is 1.47 bits per heavy atom. The molecule has 0 amide bonds. The fraction of sp³-hybridized carbons (Fsp3) is 0.625. The fourth-order valence-electron chi connectivity index (χ4n) is 3.16. The standard InChI is InChI=1S/C16H23ClFN/c1-5-19-14-9-16(3,4)7-6-11-12(17)8-13(18)10(2)15(11)14/h8,14,19H,5-7,9H2,1-4H3. The quantitative estimate of drug-likeness (QED) is 0.769. The summed E-state index contributed by atoms with van der Waals surface area (Å²) in [5.41, 5.74) is 3.23. The molecule has 19 heavy (non-hydrogen) atoms. The molecule has 0 bridgehead atoms. The molecular weight excluding hydrogens is 261 g/mol. The number of halogens is 2. The fourth-order valence-corrected chi connectivity index (χ4v) is 3.45. The molecule has 0 saturated heterocycles. The van der Waals surface area contributed by atoms with Crippen molar-refractivity contribution in [3.05, 3.63) is 33.6 Å². The van der Waals surface area contributed by atoms with Crippen molar-refractivity contribution in [2.45, 2.75) is 53.0 Å². The zero-order chi connectivity index (χ0) is 14.2. The van der Waals surface area contributed by atoms with Gasteiger partial charge in [0.1, 0.15) is 5.82 Å². The van der Waals surface area contributed by atoms with Gasteiger partial charge in [0.2, 0.25) is 0 Å². The Kier molecular flexibility index (Phi) is 4.22. The maximum absolute atomic E-state index is 14.0. The first kappa shape index (κ1) is 14.8. The van der Waals surface area contributed by atoms with Gasteiger partial charge in [-0.25, -0.2) is 4.39 Å². The highest BCUT2D eigenvalue weighted by atomic mass is 35.5. The molecule has 0 aromatic heterocycles. The average molecular weight is 284 g/mol. The van der Waals surface area contributed by atoms with Crippen molar-refractivity contribution < 1.29 is 4.39 Å². The number of benzene rings is 1. The molecule has 1 N–H and O–H groups in total. The van der Waals surface area contributed by atoms with Crippen LogP contribution < -0.4 is 5.32 Å². The lowest BCUT2D eigenvalue weighted by Crippen LogP contribution is -2.26. The minimum absolute atomic E-state index is 0.189. The molecule has 0 saturated carbocycles. The molecule has 106 valence electrons. The second kappa shape index (κ2) is 5.41. The van der Waals surface area contributed by atoms with Gasteiger partial charge in [-0.15, -0.1) is 0 Å². The second-order valence-electron chi connectivity index (χ2n) is 6.34. The number of hydrogen-bond donors (Lipinski definition) is 1. The van der Waals surface area contributed by atoms with Gasteiger partial charge >= 0.3 is 0 Å². The topological polar surface area (TPSA) is 12.0 Å². The van der Waals surface area contributed by atoms with Crippen molar-refractivity contribution in [1.29, 1.82) is 0 Å². The molecule has 0 aliphatic heterocycles. The van der Waals surface area contributed by atoms with E-state index in [0.29, 0.717) is 5.02 Å². The lowest BCUT2D eigenvalue weighted by atomic mass is 9.82. The molecule has 1 atom stereocenters. The van der Waals surface area contributed by atoms with Crippen LogP contribution in [-0.4, -0.2) is 6.54 Å². The van der Waals surface area contributed by atoms with E-state index < -0.39 is 0 Å². The van der Waals surface area contributed by atoms with Gasteiger partial charge in [0.05, 0.1) is 0 Å². The molecule has 1 aliphatic carbocycles. The third-order valence-electron chi connectivity index (χ3n) is 4.24. The summed E-state index contributed by atoms with van der Waals surface area (Å²) in [5, 5.41) is 4.09. The van der Waals surface area contributed by atoms with E-state index in [1.807, 2.05) is 6.92 Å². The van der Waals surface area contributed by atoms with E-state index in [9.17, 15) is 4.39 Å². The minimum Gasteiger partial charge on any atom is -0.310 e. The average Bonchev–Trinajstić information content (AvgIpc) is 2.43. The Hall–Kier alpha value is -0.600. The van der Waals surface area contributed by atoms with Gasteiger partial charge in [-0.1, -0.05) is 32.4 Å². The van der Waals surface area contributed by atoms with Crippen molar-refractivity contribution in [3.63, 3.8) is 0 Å². The summed E-state index contributed by atoms with van der Waals surface area (Å²) in [6, 6.07) is 1.67. The van der Waals surface area contributed by atoms with Crippen LogP contribution in [-0.2, 0) is 6.42 Å². The summed E-state index contributed by atoms with van der Waals surface area (Å²) in [5.74, 6) is -0.189. The molecule has 0 radical (unpaired) electrons. The Labute approximate surface area is 120 Å². The molecule has 1 unspecified atom stereocenters. The van der Waals surface area contributed by atoms with Crippen LogP contribution in [0.4, 0.5) is 4.39 Å². The van der Waals surface area contributed by atoms with Gasteiger partial charge in [0, 0.05) is 11.1 Å². The highest BCUT2D eigenvalue weighted by Gasteiger charge is 2.32. The lowest BCUT2D eigenvalue weighted by molar-refractivity contribution is 0.274. The molecule has 1 aromatic rings. The summed E-state index contributed by atoms with van der Waals surface area (Å²) in [4.78, 5) is 0. The first-order valence-electron chi connectivity index (χ1n) is 7.06. The van der Waals surface area contributed by atoms with E-state index in [0.717, 1.165) is 42.5 Å². The molecule has 0 fully saturated rings. The monoisotopic (exact) mass is 283 g/mol. The molecule has 3 heteroatoms. The van der Waals surface area contributed by atoms with E-state index in [1.165, 1.54) is 6.07 Å². The van der Waals surface area contributed by atoms with Gasteiger partial charge in [0.15, 0.2) is 0 Å². The van der Waals surface area contributed by atoms with Crippen LogP contribution in [0, 0.1) is 18.2 Å². The predicted molar refractivity (Wildman–Crippen MR) is 79.3 cm³/mol. The highest BCUT2D eigenvalue weighted by Crippen LogP contribution is 2.43. The number of rotatable bonds is 2. The zero-order valence-corrected chi connectivity index (χ0v) is 13.0. The Balaban J connectivity index is 2.57. The SMILES string of the molecule is CCNC1CC(C)(C)CCc2c(Cl)cc(F)c(C)c21. The van der Waals surface area contributed by atoms with Gasteiger partial charge in [-0.3, -0.25) is 0 Å². The van der Waals surface area contributed by atoms with Gasteiger partial charge < -0.3 is 5.32 Å². The van der Waals surface area contributed by atoms with Gasteiger partial charge in [0.25, 0.3) is 0 Å². The van der Waals surface area contributed by atoms with Crippen LogP contribution in [0.25, 0.3) is 0 Å². The van der Waals surface area contributed by atoms with Crippen molar-refractivity contribution in [2.24, 2.45) is 5.41 Å². The number of hydrogen-bond acceptors (Lipinski definition) is 1. The van der Waals surface area contributed by atoms with E-state index in [-0.39, 0.29) is 17.3 Å². The van der Waals surface area contributed by atoms with Crippen LogP contribution in [0.15, 0.2) is 6.07 Å². The maximum Gasteiger partial charge on any atom is 0.127 e. The summed E-state index contributed by atoms with van der Waals surface area (Å²) in [7, 11) is 0. The first-order valence-corrected chi connectivity index (χ1v) is 7.44. The second-order valence-corrected chi connectivity index (χ2v) is 6.74. The van der Waals surface area contributed by atoms with Gasteiger partial charge in [-0.05, 0) is 60.9 Å².